The number of amides is 1. The van der Waals surface area contributed by atoms with Gasteiger partial charge in [0.05, 0.1) is 6.42 Å². The number of nitrogens with one attached hydrogen (secondary N) is 1. The second kappa shape index (κ2) is 7.51. The van der Waals surface area contributed by atoms with Crippen molar-refractivity contribution in [2.24, 2.45) is 5.41 Å². The number of rotatable bonds is 8. The van der Waals surface area contributed by atoms with Gasteiger partial charge in [0.1, 0.15) is 0 Å². The van der Waals surface area contributed by atoms with Crippen LogP contribution in [0.2, 0.25) is 0 Å². The van der Waals surface area contributed by atoms with Gasteiger partial charge >= 0.3 is 5.97 Å². The first-order valence-electron chi connectivity index (χ1n) is 5.95. The van der Waals surface area contributed by atoms with Crippen molar-refractivity contribution in [2.75, 3.05) is 12.8 Å². The fourth-order valence-electron chi connectivity index (χ4n) is 1.55. The van der Waals surface area contributed by atoms with Gasteiger partial charge in [-0.05, 0) is 11.8 Å². The van der Waals surface area contributed by atoms with Crippen LogP contribution < -0.4 is 5.32 Å². The second-order valence-corrected chi connectivity index (χ2v) is 7.16. The number of carboxylic acid groups (broad SMARTS) is 1. The minimum Gasteiger partial charge on any atom is -0.481 e. The van der Waals surface area contributed by atoms with E-state index in [2.05, 4.69) is 5.32 Å². The van der Waals surface area contributed by atoms with Crippen LogP contribution in [0.15, 0.2) is 0 Å². The summed E-state index contributed by atoms with van der Waals surface area (Å²) in [5.41, 5.74) is -0.547. The van der Waals surface area contributed by atoms with Crippen molar-refractivity contribution in [3.05, 3.63) is 0 Å². The van der Waals surface area contributed by atoms with Crippen molar-refractivity contribution < 1.29 is 18.9 Å². The SMILES string of the molecule is CC(CCNC(=O)CC(C)(C)CC(=O)O)S(C)=O. The lowest BCUT2D eigenvalue weighted by molar-refractivity contribution is -0.139. The van der Waals surface area contributed by atoms with E-state index < -0.39 is 22.2 Å². The minimum absolute atomic E-state index is 0.0319. The van der Waals surface area contributed by atoms with Crippen molar-refractivity contribution in [2.45, 2.75) is 45.3 Å². The Labute approximate surface area is 111 Å². The summed E-state index contributed by atoms with van der Waals surface area (Å²) in [7, 11) is -0.881. The van der Waals surface area contributed by atoms with E-state index in [4.69, 9.17) is 5.11 Å². The molecule has 2 atom stereocenters. The first kappa shape index (κ1) is 17.1. The topological polar surface area (TPSA) is 83.5 Å². The largest absolute Gasteiger partial charge is 0.481 e. The van der Waals surface area contributed by atoms with Crippen molar-refractivity contribution in [1.82, 2.24) is 5.32 Å². The molecule has 0 radical (unpaired) electrons. The van der Waals surface area contributed by atoms with E-state index >= 15 is 0 Å². The highest BCUT2D eigenvalue weighted by Crippen LogP contribution is 2.24. The maximum Gasteiger partial charge on any atom is 0.303 e. The third-order valence-corrected chi connectivity index (χ3v) is 4.08. The predicted octanol–water partition coefficient (Wildman–Crippen LogP) is 1.15. The summed E-state index contributed by atoms with van der Waals surface area (Å²) >= 11 is 0. The maximum absolute atomic E-state index is 11.6. The van der Waals surface area contributed by atoms with Crippen LogP contribution in [-0.4, -0.2) is 39.2 Å². The number of carbonyl (C=O) groups excluding carboxylic acids is 1. The molecule has 0 aromatic heterocycles. The summed E-state index contributed by atoms with van der Waals surface area (Å²) in [6.07, 6.45) is 2.45. The minimum atomic E-state index is -0.900. The van der Waals surface area contributed by atoms with Crippen molar-refractivity contribution >= 4 is 22.7 Å². The highest BCUT2D eigenvalue weighted by Gasteiger charge is 2.25. The number of hydrogen-bond donors (Lipinski definition) is 2. The lowest BCUT2D eigenvalue weighted by Crippen LogP contribution is -2.32. The Morgan fingerprint density at radius 3 is 2.33 bits per heavy atom. The van der Waals surface area contributed by atoms with Gasteiger partial charge in [0.15, 0.2) is 0 Å². The molecule has 2 unspecified atom stereocenters. The first-order chi connectivity index (χ1) is 8.14. The molecule has 0 aliphatic heterocycles. The van der Waals surface area contributed by atoms with Crippen LogP contribution in [0.1, 0.15) is 40.0 Å². The molecule has 0 aliphatic rings. The molecule has 0 aliphatic carbocycles. The molecule has 18 heavy (non-hydrogen) atoms. The monoisotopic (exact) mass is 277 g/mol. The molecule has 1 amide bonds. The Kier molecular flexibility index (Phi) is 7.13. The third kappa shape index (κ3) is 8.22. The lowest BCUT2D eigenvalue weighted by atomic mass is 9.85. The molecule has 2 N–H and O–H groups in total. The second-order valence-electron chi connectivity index (χ2n) is 5.36. The van der Waals surface area contributed by atoms with Crippen molar-refractivity contribution in [3.8, 4) is 0 Å². The predicted molar refractivity (Wildman–Crippen MR) is 71.8 cm³/mol. The van der Waals surface area contributed by atoms with Gasteiger partial charge in [-0.1, -0.05) is 20.8 Å². The molecule has 0 aromatic carbocycles. The quantitative estimate of drug-likeness (QED) is 0.697. The highest BCUT2D eigenvalue weighted by atomic mass is 32.2. The fourth-order valence-corrected chi connectivity index (χ4v) is 2.00. The van der Waals surface area contributed by atoms with Crippen LogP contribution in [0.3, 0.4) is 0 Å². The molecule has 0 spiro atoms. The van der Waals surface area contributed by atoms with E-state index in [0.717, 1.165) is 0 Å². The number of hydrogen-bond acceptors (Lipinski definition) is 3. The third-order valence-electron chi connectivity index (χ3n) is 2.71. The fraction of sp³-hybridized carbons (Fsp3) is 0.833. The molecule has 0 heterocycles. The Bertz CT molecular complexity index is 328. The maximum atomic E-state index is 11.6. The van der Waals surface area contributed by atoms with E-state index in [1.807, 2.05) is 6.92 Å². The average molecular weight is 277 g/mol. The van der Waals surface area contributed by atoms with Gasteiger partial charge < -0.3 is 10.4 Å². The van der Waals surface area contributed by atoms with Crippen LogP contribution in [-0.2, 0) is 20.4 Å². The molecule has 0 aromatic rings. The zero-order chi connectivity index (χ0) is 14.3. The molecular formula is C12H23NO4S. The molecule has 0 rings (SSSR count). The summed E-state index contributed by atoms with van der Waals surface area (Å²) in [4.78, 5) is 22.2. The Balaban J connectivity index is 3.97. The summed E-state index contributed by atoms with van der Waals surface area (Å²) in [5.74, 6) is -1.06. The molecule has 0 saturated heterocycles. The molecular weight excluding hydrogens is 254 g/mol. The van der Waals surface area contributed by atoms with Gasteiger partial charge in [-0.3, -0.25) is 13.8 Å². The van der Waals surface area contributed by atoms with Crippen molar-refractivity contribution in [1.29, 1.82) is 0 Å². The number of carbonyl (C=O) groups is 2. The lowest BCUT2D eigenvalue weighted by Gasteiger charge is -2.21. The van der Waals surface area contributed by atoms with Gasteiger partial charge in [-0.25, -0.2) is 0 Å². The van der Waals surface area contributed by atoms with Crippen LogP contribution in [0.5, 0.6) is 0 Å². The standard InChI is InChI=1S/C12H23NO4S/c1-9(18(4)17)5-6-13-10(14)7-12(2,3)8-11(15)16/h9H,5-8H2,1-4H3,(H,13,14)(H,15,16). The molecule has 0 saturated carbocycles. The van der Waals surface area contributed by atoms with Gasteiger partial charge in [-0.15, -0.1) is 0 Å². The van der Waals surface area contributed by atoms with Crippen LogP contribution in [0.4, 0.5) is 0 Å². The normalized spacial score (nSPS) is 14.9. The zero-order valence-corrected chi connectivity index (χ0v) is 12.3. The molecule has 0 bridgehead atoms. The highest BCUT2D eigenvalue weighted by molar-refractivity contribution is 7.84. The average Bonchev–Trinajstić information content (AvgIpc) is 2.13. The summed E-state index contributed by atoms with van der Waals surface area (Å²) in [5, 5.41) is 11.5. The molecule has 0 fully saturated rings. The van der Waals surface area contributed by atoms with Crippen LogP contribution in [0.25, 0.3) is 0 Å². The molecule has 6 heteroatoms. The zero-order valence-electron chi connectivity index (χ0n) is 11.5. The van der Waals surface area contributed by atoms with Crippen LogP contribution >= 0.6 is 0 Å². The van der Waals surface area contributed by atoms with E-state index in [1.54, 1.807) is 20.1 Å². The summed E-state index contributed by atoms with van der Waals surface area (Å²) < 4.78 is 11.1. The van der Waals surface area contributed by atoms with E-state index in [0.29, 0.717) is 13.0 Å². The van der Waals surface area contributed by atoms with Crippen LogP contribution in [0, 0.1) is 5.41 Å². The summed E-state index contributed by atoms with van der Waals surface area (Å²) in [6.45, 7) is 5.86. The summed E-state index contributed by atoms with van der Waals surface area (Å²) in [6, 6.07) is 0. The van der Waals surface area contributed by atoms with Gasteiger partial charge in [0.2, 0.25) is 5.91 Å². The number of aliphatic carboxylic acids is 1. The Morgan fingerprint density at radius 2 is 1.89 bits per heavy atom. The first-order valence-corrected chi connectivity index (χ1v) is 7.57. The van der Waals surface area contributed by atoms with E-state index in [1.165, 1.54) is 0 Å². The van der Waals surface area contributed by atoms with Gasteiger partial charge in [0.25, 0.3) is 0 Å². The van der Waals surface area contributed by atoms with Crippen molar-refractivity contribution in [3.63, 3.8) is 0 Å². The molecule has 5 nitrogen and oxygen atoms in total. The smallest absolute Gasteiger partial charge is 0.303 e. The van der Waals surface area contributed by atoms with E-state index in [9.17, 15) is 13.8 Å². The molecule has 106 valence electrons. The van der Waals surface area contributed by atoms with Gasteiger partial charge in [-0.2, -0.15) is 0 Å². The number of carboxylic acids is 1. The van der Waals surface area contributed by atoms with E-state index in [-0.39, 0.29) is 24.0 Å². The Morgan fingerprint density at radius 1 is 1.33 bits per heavy atom. The van der Waals surface area contributed by atoms with Gasteiger partial charge in [0, 0.05) is 35.3 Å². The Hall–Kier alpha value is -0.910.